The SMILES string of the molecule is CCN(CC)S(=O)(=O)CCNC(=NC)NCCCOc1ccccc1.I. The molecule has 150 valence electrons. The highest BCUT2D eigenvalue weighted by Gasteiger charge is 2.18. The quantitative estimate of drug-likeness (QED) is 0.211. The van der Waals surface area contributed by atoms with Crippen molar-refractivity contribution in [1.29, 1.82) is 0 Å². The number of nitrogens with one attached hydrogen (secondary N) is 2. The predicted octanol–water partition coefficient (Wildman–Crippen LogP) is 1.91. The van der Waals surface area contributed by atoms with Crippen molar-refractivity contribution in [3.05, 3.63) is 30.3 Å². The van der Waals surface area contributed by atoms with Gasteiger partial charge < -0.3 is 15.4 Å². The maximum Gasteiger partial charge on any atom is 0.215 e. The van der Waals surface area contributed by atoms with Gasteiger partial charge in [0.15, 0.2) is 5.96 Å². The van der Waals surface area contributed by atoms with Gasteiger partial charge in [0.1, 0.15) is 5.75 Å². The van der Waals surface area contributed by atoms with Crippen molar-refractivity contribution >= 4 is 40.0 Å². The molecule has 2 N–H and O–H groups in total. The Balaban J connectivity index is 0.00000625. The van der Waals surface area contributed by atoms with Gasteiger partial charge in [-0.3, -0.25) is 4.99 Å². The Bertz CT molecular complexity index is 608. The van der Waals surface area contributed by atoms with E-state index < -0.39 is 10.0 Å². The molecule has 1 aromatic carbocycles. The molecule has 0 amide bonds. The fourth-order valence-electron chi connectivity index (χ4n) is 2.25. The lowest BCUT2D eigenvalue weighted by molar-refractivity contribution is 0.311. The normalized spacial score (nSPS) is 11.8. The van der Waals surface area contributed by atoms with E-state index in [0.717, 1.165) is 12.2 Å². The Morgan fingerprint density at radius 2 is 1.73 bits per heavy atom. The molecule has 0 aromatic heterocycles. The number of nitrogens with zero attached hydrogens (tertiary/aromatic N) is 2. The third-order valence-electron chi connectivity index (χ3n) is 3.60. The third-order valence-corrected chi connectivity index (χ3v) is 5.62. The summed E-state index contributed by atoms with van der Waals surface area (Å²) in [4.78, 5) is 4.09. The number of aliphatic imine (C=N–C) groups is 1. The number of guanidine groups is 1. The lowest BCUT2D eigenvalue weighted by atomic mass is 10.3. The number of hydrogen-bond acceptors (Lipinski definition) is 4. The highest BCUT2D eigenvalue weighted by Crippen LogP contribution is 2.08. The monoisotopic (exact) mass is 498 g/mol. The van der Waals surface area contributed by atoms with Crippen molar-refractivity contribution in [2.24, 2.45) is 4.99 Å². The molecule has 0 aliphatic rings. The summed E-state index contributed by atoms with van der Waals surface area (Å²) in [5.41, 5.74) is 0. The van der Waals surface area contributed by atoms with Crippen LogP contribution in [0.3, 0.4) is 0 Å². The van der Waals surface area contributed by atoms with Gasteiger partial charge in [0, 0.05) is 33.2 Å². The molecule has 0 saturated carbocycles. The molecule has 1 aromatic rings. The van der Waals surface area contributed by atoms with Crippen LogP contribution in [-0.4, -0.2) is 64.3 Å². The zero-order chi connectivity index (χ0) is 18.5. The number of benzene rings is 1. The molecule has 9 heteroatoms. The maximum atomic E-state index is 12.1. The van der Waals surface area contributed by atoms with Gasteiger partial charge in [-0.15, -0.1) is 24.0 Å². The molecule has 0 heterocycles. The van der Waals surface area contributed by atoms with Crippen LogP contribution in [0.1, 0.15) is 20.3 Å². The minimum atomic E-state index is -3.22. The first-order valence-electron chi connectivity index (χ1n) is 8.63. The lowest BCUT2D eigenvalue weighted by Gasteiger charge is -2.19. The van der Waals surface area contributed by atoms with E-state index in [9.17, 15) is 8.42 Å². The molecule has 1 rings (SSSR count). The summed E-state index contributed by atoms with van der Waals surface area (Å²) < 4.78 is 31.3. The molecule has 0 aliphatic carbocycles. The lowest BCUT2D eigenvalue weighted by Crippen LogP contribution is -2.42. The minimum absolute atomic E-state index is 0. The molecule has 0 unspecified atom stereocenters. The van der Waals surface area contributed by atoms with Gasteiger partial charge in [0.05, 0.1) is 12.4 Å². The van der Waals surface area contributed by atoms with E-state index in [-0.39, 0.29) is 29.7 Å². The minimum Gasteiger partial charge on any atom is -0.494 e. The highest BCUT2D eigenvalue weighted by molar-refractivity contribution is 14.0. The standard InChI is InChI=1S/C17H30N4O3S.HI/c1-4-21(5-2)25(22,23)15-13-20-17(18-3)19-12-9-14-24-16-10-7-6-8-11-16;/h6-8,10-11H,4-5,9,12-15H2,1-3H3,(H2,18,19,20);1H. The van der Waals surface area contributed by atoms with E-state index in [1.165, 1.54) is 4.31 Å². The number of rotatable bonds is 11. The van der Waals surface area contributed by atoms with Crippen LogP contribution in [0.4, 0.5) is 0 Å². The molecule has 0 radical (unpaired) electrons. The van der Waals surface area contributed by atoms with E-state index in [2.05, 4.69) is 15.6 Å². The van der Waals surface area contributed by atoms with Crippen molar-refractivity contribution in [2.45, 2.75) is 20.3 Å². The smallest absolute Gasteiger partial charge is 0.215 e. The Morgan fingerprint density at radius 1 is 1.12 bits per heavy atom. The summed E-state index contributed by atoms with van der Waals surface area (Å²) in [7, 11) is -1.56. The fourth-order valence-corrected chi connectivity index (χ4v) is 3.66. The highest BCUT2D eigenvalue weighted by atomic mass is 127. The number of hydrogen-bond donors (Lipinski definition) is 2. The van der Waals surface area contributed by atoms with Crippen molar-refractivity contribution in [1.82, 2.24) is 14.9 Å². The summed E-state index contributed by atoms with van der Waals surface area (Å²) >= 11 is 0. The van der Waals surface area contributed by atoms with Crippen molar-refractivity contribution < 1.29 is 13.2 Å². The average Bonchev–Trinajstić information content (AvgIpc) is 2.61. The van der Waals surface area contributed by atoms with Crippen LogP contribution in [0.2, 0.25) is 0 Å². The van der Waals surface area contributed by atoms with Crippen LogP contribution < -0.4 is 15.4 Å². The van der Waals surface area contributed by atoms with Gasteiger partial charge in [-0.05, 0) is 18.6 Å². The van der Waals surface area contributed by atoms with Crippen molar-refractivity contribution in [3.8, 4) is 5.75 Å². The summed E-state index contributed by atoms with van der Waals surface area (Å²) in [5, 5.41) is 6.18. The third kappa shape index (κ3) is 9.58. The summed E-state index contributed by atoms with van der Waals surface area (Å²) in [6.07, 6.45) is 0.813. The van der Waals surface area contributed by atoms with E-state index in [4.69, 9.17) is 4.74 Å². The second kappa shape index (κ2) is 14.0. The van der Waals surface area contributed by atoms with Crippen LogP contribution in [0.5, 0.6) is 5.75 Å². The molecule has 0 aliphatic heterocycles. The van der Waals surface area contributed by atoms with E-state index in [1.54, 1.807) is 7.05 Å². The van der Waals surface area contributed by atoms with Crippen LogP contribution in [0, 0.1) is 0 Å². The van der Waals surface area contributed by atoms with Crippen molar-refractivity contribution in [3.63, 3.8) is 0 Å². The molecular weight excluding hydrogens is 467 g/mol. The van der Waals surface area contributed by atoms with Gasteiger partial charge in [-0.25, -0.2) is 12.7 Å². The number of halogens is 1. The van der Waals surface area contributed by atoms with Crippen molar-refractivity contribution in [2.75, 3.05) is 45.6 Å². The number of sulfonamides is 1. The molecule has 0 bridgehead atoms. The summed E-state index contributed by atoms with van der Waals surface area (Å²) in [6, 6.07) is 9.66. The van der Waals surface area contributed by atoms with Crippen LogP contribution in [0.15, 0.2) is 35.3 Å². The molecule has 26 heavy (non-hydrogen) atoms. The Labute approximate surface area is 174 Å². The van der Waals surface area contributed by atoms with Gasteiger partial charge in [0.2, 0.25) is 10.0 Å². The van der Waals surface area contributed by atoms with Gasteiger partial charge in [-0.1, -0.05) is 32.0 Å². The van der Waals surface area contributed by atoms with Gasteiger partial charge in [0.25, 0.3) is 0 Å². The molecule has 0 spiro atoms. The van der Waals surface area contributed by atoms with Crippen LogP contribution in [-0.2, 0) is 10.0 Å². The van der Waals surface area contributed by atoms with E-state index >= 15 is 0 Å². The zero-order valence-corrected chi connectivity index (χ0v) is 18.9. The number of para-hydroxylation sites is 1. The fraction of sp³-hybridized carbons (Fsp3) is 0.588. The molecular formula is C17H31IN4O3S. The zero-order valence-electron chi connectivity index (χ0n) is 15.8. The first-order valence-corrected chi connectivity index (χ1v) is 10.2. The molecule has 7 nitrogen and oxygen atoms in total. The summed E-state index contributed by atoms with van der Waals surface area (Å²) in [6.45, 7) is 6.28. The van der Waals surface area contributed by atoms with Crippen LogP contribution >= 0.6 is 24.0 Å². The average molecular weight is 498 g/mol. The number of ether oxygens (including phenoxy) is 1. The Kier molecular flexibility index (Phi) is 13.5. The first-order chi connectivity index (χ1) is 12.0. The second-order valence-corrected chi connectivity index (χ2v) is 7.43. The topological polar surface area (TPSA) is 83.0 Å². The predicted molar refractivity (Wildman–Crippen MR) is 118 cm³/mol. The molecule has 0 saturated heterocycles. The van der Waals surface area contributed by atoms with Gasteiger partial charge >= 0.3 is 0 Å². The van der Waals surface area contributed by atoms with Gasteiger partial charge in [-0.2, -0.15) is 0 Å². The van der Waals surface area contributed by atoms with Crippen LogP contribution in [0.25, 0.3) is 0 Å². The molecule has 0 fully saturated rings. The summed E-state index contributed by atoms with van der Waals surface area (Å²) in [5.74, 6) is 1.49. The second-order valence-electron chi connectivity index (χ2n) is 5.34. The maximum absolute atomic E-state index is 12.1. The van der Waals surface area contributed by atoms with E-state index in [1.807, 2.05) is 44.2 Å². The first kappa shape index (κ1) is 24.9. The largest absolute Gasteiger partial charge is 0.494 e. The van der Waals surface area contributed by atoms with E-state index in [0.29, 0.717) is 38.7 Å². The molecule has 0 atom stereocenters. The Hall–Kier alpha value is -1.07. The Morgan fingerprint density at radius 3 is 2.31 bits per heavy atom.